The summed E-state index contributed by atoms with van der Waals surface area (Å²) in [5, 5.41) is 52.8. The predicted octanol–water partition coefficient (Wildman–Crippen LogP) is 3.15. The van der Waals surface area contributed by atoms with Crippen LogP contribution >= 0.6 is 0 Å². The smallest absolute Gasteiger partial charge is 0.224 e. The highest BCUT2D eigenvalue weighted by Gasteiger charge is 2.44. The summed E-state index contributed by atoms with van der Waals surface area (Å²) in [7, 11) is 0. The highest BCUT2D eigenvalue weighted by Crippen LogP contribution is 2.22. The van der Waals surface area contributed by atoms with Gasteiger partial charge in [0, 0.05) is 6.42 Å². The van der Waals surface area contributed by atoms with Crippen molar-refractivity contribution in [3.63, 3.8) is 0 Å². The van der Waals surface area contributed by atoms with E-state index >= 15 is 0 Å². The van der Waals surface area contributed by atoms with Crippen molar-refractivity contribution in [2.45, 2.75) is 108 Å². The molecular weight excluding hydrogens is 526 g/mol. The molecule has 1 saturated heterocycles. The summed E-state index contributed by atoms with van der Waals surface area (Å²) in [5.74, 6) is -0.322. The first-order valence-corrected chi connectivity index (χ1v) is 14.7. The third-order valence-corrected chi connectivity index (χ3v) is 6.30. The Bertz CT molecular complexity index is 864. The van der Waals surface area contributed by atoms with Gasteiger partial charge in [0.2, 0.25) is 5.91 Å². The van der Waals surface area contributed by atoms with Gasteiger partial charge in [-0.05, 0) is 38.5 Å². The van der Waals surface area contributed by atoms with Gasteiger partial charge >= 0.3 is 0 Å². The van der Waals surface area contributed by atoms with Crippen LogP contribution in [0.5, 0.6) is 0 Å². The van der Waals surface area contributed by atoms with Crippen LogP contribution in [-0.4, -0.2) is 87.5 Å². The van der Waals surface area contributed by atoms with E-state index < -0.39 is 49.5 Å². The quantitative estimate of drug-likeness (QED) is 0.121. The zero-order chi connectivity index (χ0) is 30.3. The highest BCUT2D eigenvalue weighted by atomic mass is 16.7. The van der Waals surface area contributed by atoms with Gasteiger partial charge in [-0.3, -0.25) is 4.79 Å². The molecular formula is C32H51NO8. The van der Waals surface area contributed by atoms with Crippen LogP contribution in [0, 0.1) is 0 Å². The Hall–Kier alpha value is -2.37. The first kappa shape index (κ1) is 36.7. The Labute approximate surface area is 245 Å². The minimum atomic E-state index is -1.58. The van der Waals surface area contributed by atoms with E-state index in [0.29, 0.717) is 6.42 Å². The molecule has 41 heavy (non-hydrogen) atoms. The van der Waals surface area contributed by atoms with Gasteiger partial charge in [-0.2, -0.15) is 0 Å². The van der Waals surface area contributed by atoms with Gasteiger partial charge in [0.1, 0.15) is 24.4 Å². The molecule has 1 aliphatic heterocycles. The molecule has 0 spiro atoms. The number of unbranched alkanes of at least 4 members (excludes halogenated alkanes) is 1. The second-order valence-corrected chi connectivity index (χ2v) is 9.82. The van der Waals surface area contributed by atoms with E-state index in [2.05, 4.69) is 54.8 Å². The molecule has 1 aliphatic rings. The highest BCUT2D eigenvalue weighted by molar-refractivity contribution is 5.77. The molecule has 0 aromatic heterocycles. The van der Waals surface area contributed by atoms with Crippen LogP contribution in [0.25, 0.3) is 0 Å². The Morgan fingerprint density at radius 1 is 0.829 bits per heavy atom. The molecule has 1 amide bonds. The van der Waals surface area contributed by atoms with Crippen molar-refractivity contribution in [2.75, 3.05) is 13.2 Å². The van der Waals surface area contributed by atoms with Crippen molar-refractivity contribution in [3.8, 4) is 0 Å². The number of allylic oxidation sites excluding steroid dienone is 10. The maximum atomic E-state index is 12.6. The summed E-state index contributed by atoms with van der Waals surface area (Å²) < 4.78 is 10.9. The number of carbonyl (C=O) groups is 1. The number of amides is 1. The second kappa shape index (κ2) is 23.2. The van der Waals surface area contributed by atoms with Crippen molar-refractivity contribution >= 4 is 5.91 Å². The Morgan fingerprint density at radius 3 is 1.93 bits per heavy atom. The molecule has 0 radical (unpaired) electrons. The third-order valence-electron chi connectivity index (χ3n) is 6.30. The second-order valence-electron chi connectivity index (χ2n) is 9.82. The molecule has 232 valence electrons. The molecule has 1 rings (SSSR count). The molecule has 6 N–H and O–H groups in total. The van der Waals surface area contributed by atoms with Crippen molar-refractivity contribution in [1.29, 1.82) is 0 Å². The van der Waals surface area contributed by atoms with E-state index in [1.807, 2.05) is 25.2 Å². The van der Waals surface area contributed by atoms with Crippen LogP contribution in [0.4, 0.5) is 0 Å². The normalized spacial score (nSPS) is 25.5. The fourth-order valence-corrected chi connectivity index (χ4v) is 3.87. The topological polar surface area (TPSA) is 149 Å². The number of rotatable bonds is 20. The average Bonchev–Trinajstić information content (AvgIpc) is 2.96. The number of hydrogen-bond acceptors (Lipinski definition) is 8. The summed E-state index contributed by atoms with van der Waals surface area (Å²) in [6.45, 7) is 3.30. The minimum Gasteiger partial charge on any atom is -0.394 e. The van der Waals surface area contributed by atoms with Crippen LogP contribution in [0.2, 0.25) is 0 Å². The fourth-order valence-electron chi connectivity index (χ4n) is 3.87. The number of aliphatic hydroxyl groups excluding tert-OH is 5. The number of ether oxygens (including phenoxy) is 2. The van der Waals surface area contributed by atoms with E-state index in [9.17, 15) is 30.3 Å². The van der Waals surface area contributed by atoms with Crippen molar-refractivity contribution in [3.05, 3.63) is 72.9 Å². The number of nitrogens with one attached hydrogen (secondary N) is 1. The van der Waals surface area contributed by atoms with Crippen LogP contribution in [0.3, 0.4) is 0 Å². The maximum absolute atomic E-state index is 12.6. The van der Waals surface area contributed by atoms with Gasteiger partial charge in [0.05, 0.1) is 25.4 Å². The molecule has 7 atom stereocenters. The lowest BCUT2D eigenvalue weighted by atomic mass is 9.99. The van der Waals surface area contributed by atoms with Crippen LogP contribution < -0.4 is 5.32 Å². The van der Waals surface area contributed by atoms with Crippen LogP contribution in [0.15, 0.2) is 72.9 Å². The molecule has 1 heterocycles. The van der Waals surface area contributed by atoms with Gasteiger partial charge in [-0.1, -0.05) is 93.2 Å². The van der Waals surface area contributed by atoms with Gasteiger partial charge in [0.15, 0.2) is 6.29 Å². The molecule has 7 unspecified atom stereocenters. The third kappa shape index (κ3) is 16.0. The number of carbonyl (C=O) groups excluding carboxylic acids is 1. The maximum Gasteiger partial charge on any atom is 0.224 e. The fraction of sp³-hybridized carbons (Fsp3) is 0.594. The number of aliphatic hydroxyl groups is 5. The summed E-state index contributed by atoms with van der Waals surface area (Å²) in [4.78, 5) is 12.6. The van der Waals surface area contributed by atoms with E-state index in [4.69, 9.17) is 9.47 Å². The van der Waals surface area contributed by atoms with Crippen molar-refractivity contribution < 1.29 is 39.8 Å². The largest absolute Gasteiger partial charge is 0.394 e. The van der Waals surface area contributed by atoms with Gasteiger partial charge in [-0.25, -0.2) is 0 Å². The summed E-state index contributed by atoms with van der Waals surface area (Å²) in [6.07, 6.45) is 22.1. The first-order valence-electron chi connectivity index (χ1n) is 14.7. The Morgan fingerprint density at radius 2 is 1.39 bits per heavy atom. The van der Waals surface area contributed by atoms with Gasteiger partial charge < -0.3 is 40.3 Å². The molecule has 1 fully saturated rings. The van der Waals surface area contributed by atoms with Crippen LogP contribution in [-0.2, 0) is 14.3 Å². The molecule has 9 nitrogen and oxygen atoms in total. The number of hydrogen-bond donors (Lipinski definition) is 6. The summed E-state index contributed by atoms with van der Waals surface area (Å²) in [6, 6.07) is -0.856. The van der Waals surface area contributed by atoms with E-state index in [-0.39, 0.29) is 18.9 Å². The van der Waals surface area contributed by atoms with E-state index in [0.717, 1.165) is 38.5 Å². The zero-order valence-corrected chi connectivity index (χ0v) is 24.5. The lowest BCUT2D eigenvalue weighted by molar-refractivity contribution is -0.302. The van der Waals surface area contributed by atoms with Crippen molar-refractivity contribution in [2.24, 2.45) is 0 Å². The van der Waals surface area contributed by atoms with E-state index in [1.165, 1.54) is 0 Å². The molecule has 0 saturated carbocycles. The average molecular weight is 578 g/mol. The molecule has 0 aliphatic carbocycles. The molecule has 9 heteroatoms. The Kier molecular flexibility index (Phi) is 20.8. The summed E-state index contributed by atoms with van der Waals surface area (Å²) >= 11 is 0. The SMILES string of the molecule is CC/C=C\C/C=C\C/C=C\C/C=C\C/C=C\CC(=O)NC(COC1OC(CO)C(O)C(O)C1O)C(O)/C=C/CCC. The predicted molar refractivity (Wildman–Crippen MR) is 161 cm³/mol. The van der Waals surface area contributed by atoms with Crippen LogP contribution in [0.1, 0.15) is 65.2 Å². The minimum absolute atomic E-state index is 0.107. The molecule has 0 bridgehead atoms. The standard InChI is InChI=1S/C32H51NO8/c1-3-5-7-8-9-10-11-12-13-14-15-16-17-18-20-22-28(36)33-25(26(35)21-19-6-4-2)24-40-32-31(39)30(38)29(37)27(23-34)41-32/h5,7,9-10,12-13,15-16,18-21,25-27,29-32,34-35,37-39H,3-4,6,8,11,14,17,22-24H2,1-2H3,(H,33,36)/b7-5-,10-9-,13-12-,16-15-,20-18-,21-19+. The van der Waals surface area contributed by atoms with Gasteiger partial charge in [-0.15, -0.1) is 0 Å². The van der Waals surface area contributed by atoms with Gasteiger partial charge in [0.25, 0.3) is 0 Å². The van der Waals surface area contributed by atoms with Crippen molar-refractivity contribution in [1.82, 2.24) is 5.32 Å². The molecule has 0 aromatic carbocycles. The monoisotopic (exact) mass is 577 g/mol. The lowest BCUT2D eigenvalue weighted by Crippen LogP contribution is -2.60. The lowest BCUT2D eigenvalue weighted by Gasteiger charge is -2.40. The summed E-state index contributed by atoms with van der Waals surface area (Å²) in [5.41, 5.74) is 0. The van der Waals surface area contributed by atoms with E-state index in [1.54, 1.807) is 12.2 Å². The first-order chi connectivity index (χ1) is 19.8. The Balaban J connectivity index is 2.50. The molecule has 0 aromatic rings. The zero-order valence-electron chi connectivity index (χ0n) is 24.5.